The SMILES string of the molecule is Cc1ccnc(CC(Br)C(C)C)c1. The van der Waals surface area contributed by atoms with Crippen LogP contribution in [0.3, 0.4) is 0 Å². The maximum Gasteiger partial charge on any atom is 0.0417 e. The molecule has 1 rings (SSSR count). The molecule has 0 aliphatic heterocycles. The van der Waals surface area contributed by atoms with Crippen molar-refractivity contribution in [3.8, 4) is 0 Å². The van der Waals surface area contributed by atoms with Gasteiger partial charge in [-0.2, -0.15) is 0 Å². The van der Waals surface area contributed by atoms with Crippen LogP contribution < -0.4 is 0 Å². The van der Waals surface area contributed by atoms with E-state index >= 15 is 0 Å². The van der Waals surface area contributed by atoms with E-state index < -0.39 is 0 Å². The van der Waals surface area contributed by atoms with Crippen LogP contribution in [0.4, 0.5) is 0 Å². The van der Waals surface area contributed by atoms with E-state index in [4.69, 9.17) is 0 Å². The number of halogens is 1. The van der Waals surface area contributed by atoms with Crippen molar-refractivity contribution in [2.75, 3.05) is 0 Å². The number of hydrogen-bond donors (Lipinski definition) is 0. The minimum Gasteiger partial charge on any atom is -0.261 e. The molecule has 0 N–H and O–H groups in total. The highest BCUT2D eigenvalue weighted by Crippen LogP contribution is 2.16. The highest BCUT2D eigenvalue weighted by atomic mass is 79.9. The van der Waals surface area contributed by atoms with Crippen LogP contribution >= 0.6 is 15.9 Å². The van der Waals surface area contributed by atoms with E-state index in [9.17, 15) is 0 Å². The van der Waals surface area contributed by atoms with E-state index in [-0.39, 0.29) is 0 Å². The molecule has 0 saturated carbocycles. The summed E-state index contributed by atoms with van der Waals surface area (Å²) < 4.78 is 0. The summed E-state index contributed by atoms with van der Waals surface area (Å²) in [5.41, 5.74) is 2.46. The molecule has 0 fully saturated rings. The molecule has 1 heterocycles. The largest absolute Gasteiger partial charge is 0.261 e. The quantitative estimate of drug-likeness (QED) is 0.740. The number of pyridine rings is 1. The van der Waals surface area contributed by atoms with Gasteiger partial charge in [0, 0.05) is 23.1 Å². The Morgan fingerprint density at radius 2 is 2.15 bits per heavy atom. The van der Waals surface area contributed by atoms with Gasteiger partial charge < -0.3 is 0 Å². The number of rotatable bonds is 3. The molecule has 1 atom stereocenters. The highest BCUT2D eigenvalue weighted by molar-refractivity contribution is 9.09. The summed E-state index contributed by atoms with van der Waals surface area (Å²) in [6.45, 7) is 6.54. The summed E-state index contributed by atoms with van der Waals surface area (Å²) >= 11 is 3.66. The molecular formula is C11H16BrN. The third kappa shape index (κ3) is 3.47. The zero-order valence-electron chi connectivity index (χ0n) is 8.42. The number of nitrogens with zero attached hydrogens (tertiary/aromatic N) is 1. The zero-order valence-corrected chi connectivity index (χ0v) is 10.0. The molecule has 0 aromatic carbocycles. The van der Waals surface area contributed by atoms with Crippen molar-refractivity contribution >= 4 is 15.9 Å². The number of aryl methyl sites for hydroxylation is 1. The van der Waals surface area contributed by atoms with Crippen LogP contribution in [0.5, 0.6) is 0 Å². The minimum atomic E-state index is 0.529. The molecule has 2 heteroatoms. The lowest BCUT2D eigenvalue weighted by Crippen LogP contribution is -2.11. The van der Waals surface area contributed by atoms with Crippen molar-refractivity contribution in [1.82, 2.24) is 4.98 Å². The number of alkyl halides is 1. The van der Waals surface area contributed by atoms with Crippen molar-refractivity contribution in [3.63, 3.8) is 0 Å². The van der Waals surface area contributed by atoms with Crippen molar-refractivity contribution in [1.29, 1.82) is 0 Å². The standard InChI is InChI=1S/C11H16BrN/c1-8(2)11(12)7-10-6-9(3)4-5-13-10/h4-6,8,11H,7H2,1-3H3. The highest BCUT2D eigenvalue weighted by Gasteiger charge is 2.10. The van der Waals surface area contributed by atoms with Crippen LogP contribution in [0.2, 0.25) is 0 Å². The molecule has 1 nitrogen and oxygen atoms in total. The van der Waals surface area contributed by atoms with Gasteiger partial charge in [-0.3, -0.25) is 4.98 Å². The molecule has 0 amide bonds. The van der Waals surface area contributed by atoms with Gasteiger partial charge in [-0.1, -0.05) is 29.8 Å². The monoisotopic (exact) mass is 241 g/mol. The lowest BCUT2D eigenvalue weighted by Gasteiger charge is -2.12. The van der Waals surface area contributed by atoms with Crippen molar-refractivity contribution in [2.24, 2.45) is 5.92 Å². The molecule has 0 bridgehead atoms. The first-order valence-corrected chi connectivity index (χ1v) is 5.56. The molecule has 0 aliphatic rings. The Balaban J connectivity index is 2.64. The Morgan fingerprint density at radius 1 is 1.46 bits per heavy atom. The van der Waals surface area contributed by atoms with Crippen molar-refractivity contribution in [3.05, 3.63) is 29.6 Å². The van der Waals surface area contributed by atoms with Gasteiger partial charge in [0.05, 0.1) is 0 Å². The van der Waals surface area contributed by atoms with Gasteiger partial charge in [-0.15, -0.1) is 0 Å². The van der Waals surface area contributed by atoms with Gasteiger partial charge in [0.1, 0.15) is 0 Å². The van der Waals surface area contributed by atoms with Crippen LogP contribution in [0.25, 0.3) is 0 Å². The Hall–Kier alpha value is -0.370. The fourth-order valence-electron chi connectivity index (χ4n) is 1.15. The normalized spacial score (nSPS) is 13.3. The first kappa shape index (κ1) is 10.7. The van der Waals surface area contributed by atoms with Crippen LogP contribution in [-0.2, 0) is 6.42 Å². The smallest absolute Gasteiger partial charge is 0.0417 e. The summed E-state index contributed by atoms with van der Waals surface area (Å²) in [6.07, 6.45) is 2.89. The van der Waals surface area contributed by atoms with E-state index in [1.807, 2.05) is 12.3 Å². The Bertz CT molecular complexity index is 271. The van der Waals surface area contributed by atoms with Gasteiger partial charge in [0.25, 0.3) is 0 Å². The van der Waals surface area contributed by atoms with Crippen LogP contribution in [0.1, 0.15) is 25.1 Å². The second-order valence-electron chi connectivity index (χ2n) is 3.79. The molecular weight excluding hydrogens is 226 g/mol. The van der Waals surface area contributed by atoms with Crippen molar-refractivity contribution < 1.29 is 0 Å². The van der Waals surface area contributed by atoms with Crippen LogP contribution in [-0.4, -0.2) is 9.81 Å². The van der Waals surface area contributed by atoms with E-state index in [2.05, 4.69) is 47.8 Å². The van der Waals surface area contributed by atoms with Gasteiger partial charge in [-0.25, -0.2) is 0 Å². The van der Waals surface area contributed by atoms with Gasteiger partial charge in [0.2, 0.25) is 0 Å². The summed E-state index contributed by atoms with van der Waals surface area (Å²) in [5.74, 6) is 0.655. The maximum atomic E-state index is 4.33. The summed E-state index contributed by atoms with van der Waals surface area (Å²) in [5, 5.41) is 0. The maximum absolute atomic E-state index is 4.33. The van der Waals surface area contributed by atoms with Crippen molar-refractivity contribution in [2.45, 2.75) is 32.0 Å². The third-order valence-electron chi connectivity index (χ3n) is 2.10. The lowest BCUT2D eigenvalue weighted by molar-refractivity contribution is 0.607. The zero-order chi connectivity index (χ0) is 9.84. The molecule has 0 aliphatic carbocycles. The van der Waals surface area contributed by atoms with E-state index in [1.165, 1.54) is 11.3 Å². The number of hydrogen-bond acceptors (Lipinski definition) is 1. The Morgan fingerprint density at radius 3 is 2.69 bits per heavy atom. The van der Waals surface area contributed by atoms with Gasteiger partial charge >= 0.3 is 0 Å². The second-order valence-corrected chi connectivity index (χ2v) is 4.96. The lowest BCUT2D eigenvalue weighted by atomic mass is 10.1. The molecule has 0 radical (unpaired) electrons. The summed E-state index contributed by atoms with van der Waals surface area (Å²) in [4.78, 5) is 4.86. The molecule has 0 spiro atoms. The topological polar surface area (TPSA) is 12.9 Å². The van der Waals surface area contributed by atoms with Crippen LogP contribution in [0, 0.1) is 12.8 Å². The molecule has 0 saturated heterocycles. The molecule has 13 heavy (non-hydrogen) atoms. The Kier molecular flexibility index (Phi) is 3.91. The number of aromatic nitrogens is 1. The minimum absolute atomic E-state index is 0.529. The first-order chi connectivity index (χ1) is 6.09. The van der Waals surface area contributed by atoms with E-state index in [0.29, 0.717) is 10.7 Å². The average Bonchev–Trinajstić information content (AvgIpc) is 2.04. The fourth-order valence-corrected chi connectivity index (χ4v) is 1.48. The molecule has 1 aromatic rings. The Labute approximate surface area is 88.7 Å². The second kappa shape index (κ2) is 4.75. The fraction of sp³-hybridized carbons (Fsp3) is 0.545. The predicted molar refractivity (Wildman–Crippen MR) is 60.2 cm³/mol. The molecule has 1 unspecified atom stereocenters. The molecule has 1 aromatic heterocycles. The summed E-state index contributed by atoms with van der Waals surface area (Å²) in [7, 11) is 0. The van der Waals surface area contributed by atoms with E-state index in [0.717, 1.165) is 6.42 Å². The van der Waals surface area contributed by atoms with Gasteiger partial charge in [0.15, 0.2) is 0 Å². The molecule has 72 valence electrons. The van der Waals surface area contributed by atoms with Gasteiger partial charge in [-0.05, 0) is 30.5 Å². The third-order valence-corrected chi connectivity index (χ3v) is 3.48. The van der Waals surface area contributed by atoms with E-state index in [1.54, 1.807) is 0 Å². The average molecular weight is 242 g/mol. The predicted octanol–water partition coefficient (Wildman–Crippen LogP) is 3.35. The summed E-state index contributed by atoms with van der Waals surface area (Å²) in [6, 6.07) is 4.18. The first-order valence-electron chi connectivity index (χ1n) is 4.65. The van der Waals surface area contributed by atoms with Crippen LogP contribution in [0.15, 0.2) is 18.3 Å².